The number of amides is 1. The van der Waals surface area contributed by atoms with E-state index in [1.807, 2.05) is 48.9 Å². The second-order valence-corrected chi connectivity index (χ2v) is 7.67. The van der Waals surface area contributed by atoms with Gasteiger partial charge in [-0.05, 0) is 52.2 Å². The van der Waals surface area contributed by atoms with E-state index in [2.05, 4.69) is 15.5 Å². The number of ether oxygens (including phenoxy) is 1. The van der Waals surface area contributed by atoms with Crippen LogP contribution in [0.5, 0.6) is 0 Å². The van der Waals surface area contributed by atoms with Gasteiger partial charge in [-0.1, -0.05) is 18.2 Å². The molecule has 1 amide bonds. The van der Waals surface area contributed by atoms with Crippen LogP contribution in [0.15, 0.2) is 42.6 Å². The summed E-state index contributed by atoms with van der Waals surface area (Å²) < 4.78 is 8.97. The minimum atomic E-state index is -0.966. The molecule has 1 aliphatic rings. The van der Waals surface area contributed by atoms with Crippen molar-refractivity contribution in [3.8, 4) is 5.69 Å². The highest BCUT2D eigenvalue weighted by Gasteiger charge is 2.30. The average Bonchev–Trinajstić information content (AvgIpc) is 3.44. The van der Waals surface area contributed by atoms with Crippen LogP contribution in [0, 0.1) is 0 Å². The van der Waals surface area contributed by atoms with Crippen molar-refractivity contribution in [2.24, 2.45) is 0 Å². The van der Waals surface area contributed by atoms with E-state index >= 15 is 0 Å². The van der Waals surface area contributed by atoms with Gasteiger partial charge in [0, 0.05) is 23.4 Å². The number of fused-ring (bicyclic) bond motifs is 1. The first-order chi connectivity index (χ1) is 14.5. The summed E-state index contributed by atoms with van der Waals surface area (Å²) in [6.07, 6.45) is 3.26. The van der Waals surface area contributed by atoms with Gasteiger partial charge in [0.15, 0.2) is 11.8 Å². The standard InChI is InChI=1S/C22H25N5O3/c1-14(2)26-19(12-13-23-26)24-21(28)15(3)30-22(29)20-17-10-7-11-18(17)27(25-20)16-8-5-4-6-9-16/h4-6,8-9,12-15H,7,10-11H2,1-3H3,(H,24,28)/t15-/m1/s1. The molecule has 156 valence electrons. The molecule has 1 aliphatic carbocycles. The van der Waals surface area contributed by atoms with Crippen molar-refractivity contribution in [1.82, 2.24) is 19.6 Å². The van der Waals surface area contributed by atoms with Crippen molar-refractivity contribution in [3.05, 3.63) is 59.5 Å². The maximum absolute atomic E-state index is 12.8. The number of anilines is 1. The van der Waals surface area contributed by atoms with Crippen LogP contribution in [-0.2, 0) is 22.4 Å². The Labute approximate surface area is 174 Å². The molecule has 1 N–H and O–H groups in total. The Balaban J connectivity index is 1.50. The summed E-state index contributed by atoms with van der Waals surface area (Å²) in [6.45, 7) is 5.49. The van der Waals surface area contributed by atoms with Gasteiger partial charge in [-0.3, -0.25) is 4.79 Å². The molecule has 0 radical (unpaired) electrons. The minimum absolute atomic E-state index is 0.0951. The Morgan fingerprint density at radius 2 is 1.87 bits per heavy atom. The quantitative estimate of drug-likeness (QED) is 0.633. The van der Waals surface area contributed by atoms with Crippen molar-refractivity contribution in [2.45, 2.75) is 52.2 Å². The van der Waals surface area contributed by atoms with Gasteiger partial charge in [-0.2, -0.15) is 10.2 Å². The molecule has 8 heteroatoms. The number of hydrogen-bond acceptors (Lipinski definition) is 5. The zero-order valence-electron chi connectivity index (χ0n) is 17.3. The summed E-state index contributed by atoms with van der Waals surface area (Å²) in [4.78, 5) is 25.4. The third-order valence-corrected chi connectivity index (χ3v) is 5.19. The first kappa shape index (κ1) is 19.9. The maximum atomic E-state index is 12.8. The Bertz CT molecular complexity index is 1070. The van der Waals surface area contributed by atoms with Crippen LogP contribution in [0.1, 0.15) is 55.0 Å². The molecule has 0 unspecified atom stereocenters. The fraction of sp³-hybridized carbons (Fsp3) is 0.364. The number of hydrogen-bond donors (Lipinski definition) is 1. The number of nitrogens with one attached hydrogen (secondary N) is 1. The highest BCUT2D eigenvalue weighted by Crippen LogP contribution is 2.28. The number of nitrogens with zero attached hydrogens (tertiary/aromatic N) is 4. The molecular weight excluding hydrogens is 382 g/mol. The third-order valence-electron chi connectivity index (χ3n) is 5.19. The predicted molar refractivity (Wildman–Crippen MR) is 112 cm³/mol. The van der Waals surface area contributed by atoms with Crippen molar-refractivity contribution in [1.29, 1.82) is 0 Å². The Morgan fingerprint density at radius 1 is 1.10 bits per heavy atom. The first-order valence-corrected chi connectivity index (χ1v) is 10.2. The van der Waals surface area contributed by atoms with E-state index in [1.54, 1.807) is 23.9 Å². The van der Waals surface area contributed by atoms with Crippen molar-refractivity contribution >= 4 is 17.7 Å². The number of carbonyl (C=O) groups excluding carboxylic acids is 2. The molecule has 1 atom stereocenters. The van der Waals surface area contributed by atoms with Crippen LogP contribution in [0.4, 0.5) is 5.82 Å². The van der Waals surface area contributed by atoms with Crippen LogP contribution in [0.25, 0.3) is 5.69 Å². The molecule has 2 heterocycles. The van der Waals surface area contributed by atoms with Crippen molar-refractivity contribution < 1.29 is 14.3 Å². The maximum Gasteiger partial charge on any atom is 0.359 e. The lowest BCUT2D eigenvalue weighted by Gasteiger charge is -2.15. The molecule has 1 aromatic carbocycles. The molecule has 0 saturated carbocycles. The van der Waals surface area contributed by atoms with Gasteiger partial charge >= 0.3 is 5.97 Å². The normalized spacial score (nSPS) is 13.9. The molecule has 0 aliphatic heterocycles. The second-order valence-electron chi connectivity index (χ2n) is 7.67. The molecule has 0 saturated heterocycles. The molecule has 30 heavy (non-hydrogen) atoms. The number of carbonyl (C=O) groups is 2. The molecule has 2 aromatic heterocycles. The van der Waals surface area contributed by atoms with Gasteiger partial charge < -0.3 is 10.1 Å². The number of rotatable bonds is 6. The summed E-state index contributed by atoms with van der Waals surface area (Å²) in [6, 6.07) is 11.5. The van der Waals surface area contributed by atoms with Gasteiger partial charge in [0.25, 0.3) is 5.91 Å². The lowest BCUT2D eigenvalue weighted by atomic mass is 10.2. The van der Waals surface area contributed by atoms with Crippen LogP contribution < -0.4 is 5.32 Å². The van der Waals surface area contributed by atoms with E-state index in [-0.39, 0.29) is 6.04 Å². The number of benzene rings is 1. The third kappa shape index (κ3) is 3.72. The van der Waals surface area contributed by atoms with Gasteiger partial charge in [0.1, 0.15) is 5.82 Å². The molecule has 8 nitrogen and oxygen atoms in total. The SMILES string of the molecule is CC(C)n1nccc1NC(=O)[C@@H](C)OC(=O)c1nn(-c2ccccc2)c2c1CCC2. The molecule has 0 fully saturated rings. The topological polar surface area (TPSA) is 91.0 Å². The summed E-state index contributed by atoms with van der Waals surface area (Å²) >= 11 is 0. The van der Waals surface area contributed by atoms with E-state index in [4.69, 9.17) is 4.74 Å². The fourth-order valence-corrected chi connectivity index (χ4v) is 3.71. The molecule has 0 spiro atoms. The highest BCUT2D eigenvalue weighted by atomic mass is 16.5. The number of para-hydroxylation sites is 1. The summed E-state index contributed by atoms with van der Waals surface area (Å²) in [5.41, 5.74) is 3.14. The summed E-state index contributed by atoms with van der Waals surface area (Å²) in [5, 5.41) is 11.5. The van der Waals surface area contributed by atoms with Crippen LogP contribution in [0.2, 0.25) is 0 Å². The fourth-order valence-electron chi connectivity index (χ4n) is 3.71. The average molecular weight is 407 g/mol. The van der Waals surface area contributed by atoms with Crippen molar-refractivity contribution in [2.75, 3.05) is 5.32 Å². The monoisotopic (exact) mass is 407 g/mol. The number of aromatic nitrogens is 4. The minimum Gasteiger partial charge on any atom is -0.448 e. The van der Waals surface area contributed by atoms with Crippen LogP contribution >= 0.6 is 0 Å². The van der Waals surface area contributed by atoms with E-state index in [0.717, 1.165) is 36.2 Å². The zero-order valence-corrected chi connectivity index (χ0v) is 17.3. The second kappa shape index (κ2) is 8.14. The van der Waals surface area contributed by atoms with Gasteiger partial charge in [0.05, 0.1) is 11.9 Å². The summed E-state index contributed by atoms with van der Waals surface area (Å²) in [7, 11) is 0. The van der Waals surface area contributed by atoms with E-state index in [0.29, 0.717) is 11.5 Å². The summed E-state index contributed by atoms with van der Waals surface area (Å²) in [5.74, 6) is -0.431. The lowest BCUT2D eigenvalue weighted by molar-refractivity contribution is -0.123. The predicted octanol–water partition coefficient (Wildman–Crippen LogP) is 3.32. The van der Waals surface area contributed by atoms with Gasteiger partial charge in [-0.25, -0.2) is 14.2 Å². The van der Waals surface area contributed by atoms with E-state index < -0.39 is 18.0 Å². The molecule has 4 rings (SSSR count). The molecule has 3 aromatic rings. The van der Waals surface area contributed by atoms with Gasteiger partial charge in [-0.15, -0.1) is 0 Å². The highest BCUT2D eigenvalue weighted by molar-refractivity contribution is 5.97. The Morgan fingerprint density at radius 3 is 2.60 bits per heavy atom. The first-order valence-electron chi connectivity index (χ1n) is 10.2. The smallest absolute Gasteiger partial charge is 0.359 e. The molecular formula is C22H25N5O3. The van der Waals surface area contributed by atoms with Gasteiger partial charge in [0.2, 0.25) is 0 Å². The zero-order chi connectivity index (χ0) is 21.3. The van der Waals surface area contributed by atoms with Crippen LogP contribution in [0.3, 0.4) is 0 Å². The Hall–Kier alpha value is -3.42. The van der Waals surface area contributed by atoms with Crippen molar-refractivity contribution in [3.63, 3.8) is 0 Å². The lowest BCUT2D eigenvalue weighted by Crippen LogP contribution is -2.31. The Kier molecular flexibility index (Phi) is 5.39. The van der Waals surface area contributed by atoms with E-state index in [1.165, 1.54) is 0 Å². The van der Waals surface area contributed by atoms with Crippen LogP contribution in [-0.4, -0.2) is 37.5 Å². The molecule has 0 bridgehead atoms. The van der Waals surface area contributed by atoms with E-state index in [9.17, 15) is 9.59 Å². The number of esters is 1. The largest absolute Gasteiger partial charge is 0.448 e.